The first kappa shape index (κ1) is 11.0. The summed E-state index contributed by atoms with van der Waals surface area (Å²) in [6, 6.07) is 7.84. The van der Waals surface area contributed by atoms with Crippen molar-refractivity contribution in [3.63, 3.8) is 0 Å². The molecule has 3 aromatic rings. The molecule has 0 bridgehead atoms. The fraction of sp³-hybridized carbons (Fsp3) is 0.0833. The van der Waals surface area contributed by atoms with Crippen LogP contribution in [0.3, 0.4) is 0 Å². The van der Waals surface area contributed by atoms with Crippen molar-refractivity contribution >= 4 is 28.6 Å². The molecular weight excluding hydrogens is 246 g/mol. The molecule has 18 heavy (non-hydrogen) atoms. The molecule has 3 N–H and O–H groups in total. The van der Waals surface area contributed by atoms with Crippen molar-refractivity contribution in [2.75, 3.05) is 5.73 Å². The summed E-state index contributed by atoms with van der Waals surface area (Å²) in [5.41, 5.74) is 9.38. The summed E-state index contributed by atoms with van der Waals surface area (Å²) < 4.78 is 0. The number of benzene rings is 1. The molecule has 3 rings (SSSR count). The van der Waals surface area contributed by atoms with E-state index in [4.69, 9.17) is 5.73 Å². The van der Waals surface area contributed by atoms with Gasteiger partial charge in [-0.1, -0.05) is 30.0 Å². The predicted molar refractivity (Wildman–Crippen MR) is 72.1 cm³/mol. The van der Waals surface area contributed by atoms with Gasteiger partial charge in [-0.3, -0.25) is 0 Å². The number of rotatable bonds is 3. The topological polar surface area (TPSA) is 80.5 Å². The zero-order chi connectivity index (χ0) is 12.4. The lowest BCUT2D eigenvalue weighted by Crippen LogP contribution is -1.92. The van der Waals surface area contributed by atoms with Crippen LogP contribution in [0, 0.1) is 0 Å². The molecule has 0 saturated carbocycles. The van der Waals surface area contributed by atoms with Crippen molar-refractivity contribution in [1.82, 2.24) is 19.9 Å². The number of hydrogen-bond acceptors (Lipinski definition) is 5. The highest BCUT2D eigenvalue weighted by molar-refractivity contribution is 7.98. The number of para-hydroxylation sites is 1. The van der Waals surface area contributed by atoms with Crippen molar-refractivity contribution < 1.29 is 0 Å². The van der Waals surface area contributed by atoms with Gasteiger partial charge in [0.1, 0.15) is 16.9 Å². The molecule has 2 heterocycles. The van der Waals surface area contributed by atoms with Gasteiger partial charge >= 0.3 is 0 Å². The summed E-state index contributed by atoms with van der Waals surface area (Å²) in [6.45, 7) is 0. The smallest absolute Gasteiger partial charge is 0.181 e. The minimum Gasteiger partial charge on any atom is -0.398 e. The van der Waals surface area contributed by atoms with E-state index in [2.05, 4.69) is 19.9 Å². The monoisotopic (exact) mass is 257 g/mol. The second-order valence-electron chi connectivity index (χ2n) is 3.77. The molecule has 0 radical (unpaired) electrons. The van der Waals surface area contributed by atoms with Crippen molar-refractivity contribution in [1.29, 1.82) is 0 Å². The molecule has 1 aromatic carbocycles. The Morgan fingerprint density at radius 3 is 2.94 bits per heavy atom. The van der Waals surface area contributed by atoms with Gasteiger partial charge in [0.05, 0.1) is 6.33 Å². The molecule has 0 aliphatic carbocycles. The van der Waals surface area contributed by atoms with E-state index in [1.807, 2.05) is 24.3 Å². The number of fused-ring (bicyclic) bond motifs is 1. The molecule has 5 nitrogen and oxygen atoms in total. The SMILES string of the molecule is Nc1ccccc1CSc1ncnc2nc[nH]c12. The number of hydrogen-bond donors (Lipinski definition) is 2. The first-order chi connectivity index (χ1) is 8.84. The van der Waals surface area contributed by atoms with Crippen LogP contribution in [0.15, 0.2) is 41.9 Å². The minimum absolute atomic E-state index is 0.688. The Bertz CT molecular complexity index is 679. The maximum absolute atomic E-state index is 5.91. The molecule has 0 unspecified atom stereocenters. The molecule has 0 fully saturated rings. The number of H-pyrrole nitrogens is 1. The minimum atomic E-state index is 0.688. The third-order valence-corrected chi connectivity index (χ3v) is 3.65. The van der Waals surface area contributed by atoms with Crippen LogP contribution in [-0.4, -0.2) is 19.9 Å². The van der Waals surface area contributed by atoms with E-state index in [0.29, 0.717) is 5.65 Å². The van der Waals surface area contributed by atoms with Crippen molar-refractivity contribution in [2.24, 2.45) is 0 Å². The van der Waals surface area contributed by atoms with Gasteiger partial charge in [0.15, 0.2) is 5.65 Å². The summed E-state index contributed by atoms with van der Waals surface area (Å²) in [5, 5.41) is 0.890. The molecule has 0 aliphatic rings. The Morgan fingerprint density at radius 2 is 2.06 bits per heavy atom. The van der Waals surface area contributed by atoms with Crippen LogP contribution in [0.25, 0.3) is 11.2 Å². The lowest BCUT2D eigenvalue weighted by molar-refractivity contribution is 1.08. The van der Waals surface area contributed by atoms with Gasteiger partial charge in [-0.25, -0.2) is 15.0 Å². The second-order valence-corrected chi connectivity index (χ2v) is 4.73. The van der Waals surface area contributed by atoms with Gasteiger partial charge in [0.25, 0.3) is 0 Å². The summed E-state index contributed by atoms with van der Waals surface area (Å²) in [4.78, 5) is 15.5. The Balaban J connectivity index is 1.85. The number of nitrogens with two attached hydrogens (primary N) is 1. The number of nitrogen functional groups attached to an aromatic ring is 1. The van der Waals surface area contributed by atoms with E-state index >= 15 is 0 Å². The van der Waals surface area contributed by atoms with Crippen molar-refractivity contribution in [2.45, 2.75) is 10.8 Å². The average molecular weight is 257 g/mol. The second kappa shape index (κ2) is 4.66. The van der Waals surface area contributed by atoms with Gasteiger partial charge in [0.2, 0.25) is 0 Å². The molecule has 90 valence electrons. The molecule has 6 heteroatoms. The summed E-state index contributed by atoms with van der Waals surface area (Å²) >= 11 is 1.62. The average Bonchev–Trinajstić information content (AvgIpc) is 2.86. The Kier molecular flexibility index (Phi) is 2.85. The summed E-state index contributed by atoms with van der Waals surface area (Å²) in [6.07, 6.45) is 3.15. The molecule has 0 saturated heterocycles. The number of anilines is 1. The van der Waals surface area contributed by atoms with E-state index < -0.39 is 0 Å². The quantitative estimate of drug-likeness (QED) is 0.427. The first-order valence-electron chi connectivity index (χ1n) is 5.45. The molecular formula is C12H11N5S. The predicted octanol–water partition coefficient (Wildman–Crippen LogP) is 2.23. The van der Waals surface area contributed by atoms with E-state index in [9.17, 15) is 0 Å². The molecule has 0 spiro atoms. The number of thioether (sulfide) groups is 1. The van der Waals surface area contributed by atoms with E-state index in [1.165, 1.54) is 6.33 Å². The fourth-order valence-corrected chi connectivity index (χ4v) is 2.64. The van der Waals surface area contributed by atoms with Gasteiger partial charge in [0, 0.05) is 11.4 Å². The van der Waals surface area contributed by atoms with Crippen LogP contribution in [0.1, 0.15) is 5.56 Å². The number of aromatic nitrogens is 4. The third-order valence-electron chi connectivity index (χ3n) is 2.61. The Hall–Kier alpha value is -2.08. The summed E-state index contributed by atoms with van der Waals surface area (Å²) in [5.74, 6) is 0.776. The normalized spacial score (nSPS) is 10.9. The zero-order valence-corrected chi connectivity index (χ0v) is 10.3. The van der Waals surface area contributed by atoms with Crippen LogP contribution in [-0.2, 0) is 5.75 Å². The van der Waals surface area contributed by atoms with Crippen LogP contribution < -0.4 is 5.73 Å². The van der Waals surface area contributed by atoms with Crippen LogP contribution in [0.2, 0.25) is 0 Å². The van der Waals surface area contributed by atoms with E-state index in [-0.39, 0.29) is 0 Å². The van der Waals surface area contributed by atoms with Gasteiger partial charge < -0.3 is 10.7 Å². The highest BCUT2D eigenvalue weighted by Crippen LogP contribution is 2.27. The number of imidazole rings is 1. The maximum Gasteiger partial charge on any atom is 0.181 e. The van der Waals surface area contributed by atoms with Crippen molar-refractivity contribution in [3.05, 3.63) is 42.5 Å². The molecule has 0 amide bonds. The number of aromatic amines is 1. The van der Waals surface area contributed by atoms with Gasteiger partial charge in [-0.05, 0) is 11.6 Å². The lowest BCUT2D eigenvalue weighted by Gasteiger charge is -2.04. The number of nitrogens with one attached hydrogen (secondary N) is 1. The maximum atomic E-state index is 5.91. The van der Waals surface area contributed by atoms with Gasteiger partial charge in [-0.2, -0.15) is 0 Å². The highest BCUT2D eigenvalue weighted by Gasteiger charge is 2.07. The summed E-state index contributed by atoms with van der Waals surface area (Å²) in [7, 11) is 0. The Morgan fingerprint density at radius 1 is 1.17 bits per heavy atom. The fourth-order valence-electron chi connectivity index (χ4n) is 1.66. The largest absolute Gasteiger partial charge is 0.398 e. The first-order valence-corrected chi connectivity index (χ1v) is 6.43. The van der Waals surface area contributed by atoms with Gasteiger partial charge in [-0.15, -0.1) is 0 Å². The zero-order valence-electron chi connectivity index (χ0n) is 9.50. The standard InChI is InChI=1S/C12H11N5S/c13-9-4-2-1-3-8(9)5-18-12-10-11(15-6-14-10)16-7-17-12/h1-4,6-7H,5,13H2,(H,14,15,16,17). The van der Waals surface area contributed by atoms with Crippen LogP contribution in [0.4, 0.5) is 5.69 Å². The third kappa shape index (κ3) is 2.02. The van der Waals surface area contributed by atoms with Crippen molar-refractivity contribution in [3.8, 4) is 0 Å². The van der Waals surface area contributed by atoms with Crippen LogP contribution in [0.5, 0.6) is 0 Å². The molecule has 0 atom stereocenters. The van der Waals surface area contributed by atoms with E-state index in [1.54, 1.807) is 18.1 Å². The number of nitrogens with zero attached hydrogens (tertiary/aromatic N) is 3. The molecule has 0 aliphatic heterocycles. The Labute approximate surface area is 108 Å². The highest BCUT2D eigenvalue weighted by atomic mass is 32.2. The van der Waals surface area contributed by atoms with E-state index in [0.717, 1.165) is 27.5 Å². The lowest BCUT2D eigenvalue weighted by atomic mass is 10.2. The van der Waals surface area contributed by atoms with Crippen LogP contribution >= 0.6 is 11.8 Å². The molecule has 2 aromatic heterocycles.